The van der Waals surface area contributed by atoms with E-state index in [1.807, 2.05) is 31.3 Å². The molecular weight excluding hydrogens is 310 g/mol. The van der Waals surface area contributed by atoms with E-state index in [1.165, 1.54) is 16.7 Å². The van der Waals surface area contributed by atoms with Crippen molar-refractivity contribution in [3.05, 3.63) is 59.3 Å². The third-order valence-electron chi connectivity index (χ3n) is 4.44. The Kier molecular flexibility index (Phi) is 5.53. The van der Waals surface area contributed by atoms with Crippen LogP contribution >= 0.6 is 0 Å². The fourth-order valence-electron chi connectivity index (χ4n) is 3.07. The lowest BCUT2D eigenvalue weighted by atomic mass is 10.0. The van der Waals surface area contributed by atoms with Crippen LogP contribution in [0.5, 0.6) is 0 Å². The molecule has 0 fully saturated rings. The van der Waals surface area contributed by atoms with Gasteiger partial charge in [0.05, 0.1) is 6.54 Å². The van der Waals surface area contributed by atoms with Crippen LogP contribution in [0, 0.1) is 0 Å². The van der Waals surface area contributed by atoms with E-state index >= 15 is 0 Å². The first-order valence-electron chi connectivity index (χ1n) is 8.89. The number of benzene rings is 1. The lowest BCUT2D eigenvalue weighted by molar-refractivity contribution is 0.378. The van der Waals surface area contributed by atoms with Gasteiger partial charge in [-0.2, -0.15) is 0 Å². The van der Waals surface area contributed by atoms with Crippen molar-refractivity contribution >= 4 is 11.8 Å². The number of nitrogens with one attached hydrogen (secondary N) is 1. The van der Waals surface area contributed by atoms with Crippen LogP contribution in [0.2, 0.25) is 0 Å². The Morgan fingerprint density at radius 1 is 1.24 bits per heavy atom. The Balaban J connectivity index is 1.75. The molecule has 132 valence electrons. The number of rotatable bonds is 4. The van der Waals surface area contributed by atoms with E-state index in [-0.39, 0.29) is 0 Å². The van der Waals surface area contributed by atoms with Gasteiger partial charge < -0.3 is 15.1 Å². The van der Waals surface area contributed by atoms with E-state index in [0.29, 0.717) is 6.54 Å². The van der Waals surface area contributed by atoms with E-state index in [0.717, 1.165) is 37.8 Å². The summed E-state index contributed by atoms with van der Waals surface area (Å²) in [5.41, 5.74) is 4.03. The fourth-order valence-corrected chi connectivity index (χ4v) is 3.07. The van der Waals surface area contributed by atoms with Crippen molar-refractivity contribution in [2.24, 2.45) is 4.99 Å². The maximum absolute atomic E-state index is 4.87. The molecule has 0 amide bonds. The number of hydrogen-bond acceptors (Lipinski definition) is 3. The molecule has 1 aliphatic rings. The Hall–Kier alpha value is -2.56. The SMILES string of the molecule is CCNC(=NCc1ccnc(N(C)C)c1)N1CCc2ccccc2C1. The second-order valence-electron chi connectivity index (χ2n) is 6.53. The van der Waals surface area contributed by atoms with Crippen molar-refractivity contribution in [1.29, 1.82) is 0 Å². The highest BCUT2D eigenvalue weighted by Crippen LogP contribution is 2.19. The predicted molar refractivity (Wildman–Crippen MR) is 104 cm³/mol. The first-order chi connectivity index (χ1) is 12.2. The van der Waals surface area contributed by atoms with Crippen LogP contribution in [-0.2, 0) is 19.5 Å². The average molecular weight is 337 g/mol. The third-order valence-corrected chi connectivity index (χ3v) is 4.44. The second-order valence-corrected chi connectivity index (χ2v) is 6.53. The summed E-state index contributed by atoms with van der Waals surface area (Å²) in [5.74, 6) is 1.95. The topological polar surface area (TPSA) is 43.8 Å². The van der Waals surface area contributed by atoms with E-state index in [4.69, 9.17) is 4.99 Å². The molecule has 0 atom stereocenters. The van der Waals surface area contributed by atoms with Gasteiger partial charge in [0.25, 0.3) is 0 Å². The maximum atomic E-state index is 4.87. The summed E-state index contributed by atoms with van der Waals surface area (Å²) in [6.07, 6.45) is 2.92. The molecule has 25 heavy (non-hydrogen) atoms. The Morgan fingerprint density at radius 3 is 2.80 bits per heavy atom. The summed E-state index contributed by atoms with van der Waals surface area (Å²) in [5, 5.41) is 3.44. The zero-order valence-corrected chi connectivity index (χ0v) is 15.4. The van der Waals surface area contributed by atoms with Gasteiger partial charge in [0, 0.05) is 39.9 Å². The van der Waals surface area contributed by atoms with Gasteiger partial charge in [-0.3, -0.25) is 0 Å². The Labute approximate surface area is 150 Å². The number of aliphatic imine (C=N–C) groups is 1. The van der Waals surface area contributed by atoms with E-state index in [2.05, 4.69) is 52.5 Å². The molecule has 1 aromatic carbocycles. The number of fused-ring (bicyclic) bond motifs is 1. The smallest absolute Gasteiger partial charge is 0.194 e. The van der Waals surface area contributed by atoms with Crippen LogP contribution in [0.3, 0.4) is 0 Å². The molecule has 2 heterocycles. The summed E-state index contributed by atoms with van der Waals surface area (Å²) in [4.78, 5) is 13.6. The Morgan fingerprint density at radius 2 is 2.04 bits per heavy atom. The van der Waals surface area contributed by atoms with Crippen LogP contribution in [-0.4, -0.2) is 43.0 Å². The van der Waals surface area contributed by atoms with Crippen molar-refractivity contribution in [3.63, 3.8) is 0 Å². The van der Waals surface area contributed by atoms with Crippen molar-refractivity contribution in [2.75, 3.05) is 32.1 Å². The maximum Gasteiger partial charge on any atom is 0.194 e. The number of hydrogen-bond donors (Lipinski definition) is 1. The van der Waals surface area contributed by atoms with Crippen LogP contribution in [0.15, 0.2) is 47.6 Å². The molecule has 5 heteroatoms. The minimum atomic E-state index is 0.657. The van der Waals surface area contributed by atoms with E-state index in [1.54, 1.807) is 0 Å². The monoisotopic (exact) mass is 337 g/mol. The van der Waals surface area contributed by atoms with Crippen molar-refractivity contribution in [2.45, 2.75) is 26.4 Å². The van der Waals surface area contributed by atoms with Crippen molar-refractivity contribution in [1.82, 2.24) is 15.2 Å². The number of guanidine groups is 1. The van der Waals surface area contributed by atoms with Crippen LogP contribution in [0.4, 0.5) is 5.82 Å². The second kappa shape index (κ2) is 8.01. The lowest BCUT2D eigenvalue weighted by Crippen LogP contribution is -2.44. The zero-order chi connectivity index (χ0) is 17.6. The fraction of sp³-hybridized carbons (Fsp3) is 0.400. The van der Waals surface area contributed by atoms with Crippen molar-refractivity contribution < 1.29 is 0 Å². The largest absolute Gasteiger partial charge is 0.363 e. The zero-order valence-electron chi connectivity index (χ0n) is 15.4. The predicted octanol–water partition coefficient (Wildman–Crippen LogP) is 2.67. The van der Waals surface area contributed by atoms with Gasteiger partial charge in [0.15, 0.2) is 5.96 Å². The molecule has 1 aromatic heterocycles. The van der Waals surface area contributed by atoms with Gasteiger partial charge in [-0.25, -0.2) is 9.98 Å². The average Bonchev–Trinajstić information content (AvgIpc) is 2.65. The number of aromatic nitrogens is 1. The molecule has 3 rings (SSSR count). The summed E-state index contributed by atoms with van der Waals surface area (Å²) in [6.45, 7) is 5.56. The quantitative estimate of drug-likeness (QED) is 0.688. The van der Waals surface area contributed by atoms with Gasteiger partial charge in [-0.05, 0) is 42.2 Å². The molecule has 0 aliphatic carbocycles. The summed E-state index contributed by atoms with van der Waals surface area (Å²) in [6, 6.07) is 12.8. The molecule has 0 saturated carbocycles. The van der Waals surface area contributed by atoms with Gasteiger partial charge in [-0.1, -0.05) is 24.3 Å². The van der Waals surface area contributed by atoms with Crippen LogP contribution in [0.1, 0.15) is 23.6 Å². The number of nitrogens with zero attached hydrogens (tertiary/aromatic N) is 4. The van der Waals surface area contributed by atoms with Gasteiger partial charge in [0.1, 0.15) is 5.82 Å². The van der Waals surface area contributed by atoms with E-state index in [9.17, 15) is 0 Å². The van der Waals surface area contributed by atoms with Gasteiger partial charge >= 0.3 is 0 Å². The minimum absolute atomic E-state index is 0.657. The first kappa shape index (κ1) is 17.3. The third kappa shape index (κ3) is 4.29. The van der Waals surface area contributed by atoms with Gasteiger partial charge in [0.2, 0.25) is 0 Å². The van der Waals surface area contributed by atoms with E-state index < -0.39 is 0 Å². The molecule has 1 aliphatic heterocycles. The van der Waals surface area contributed by atoms with Crippen LogP contribution in [0.25, 0.3) is 0 Å². The lowest BCUT2D eigenvalue weighted by Gasteiger charge is -2.31. The molecule has 0 saturated heterocycles. The summed E-state index contributed by atoms with van der Waals surface area (Å²) >= 11 is 0. The summed E-state index contributed by atoms with van der Waals surface area (Å²) in [7, 11) is 4.01. The molecular formula is C20H27N5. The minimum Gasteiger partial charge on any atom is -0.363 e. The number of anilines is 1. The molecule has 0 bridgehead atoms. The molecule has 0 spiro atoms. The van der Waals surface area contributed by atoms with Crippen molar-refractivity contribution in [3.8, 4) is 0 Å². The summed E-state index contributed by atoms with van der Waals surface area (Å²) < 4.78 is 0. The highest BCUT2D eigenvalue weighted by molar-refractivity contribution is 5.80. The van der Waals surface area contributed by atoms with Gasteiger partial charge in [-0.15, -0.1) is 0 Å². The Bertz CT molecular complexity index is 738. The molecule has 2 aromatic rings. The first-order valence-corrected chi connectivity index (χ1v) is 8.89. The number of pyridine rings is 1. The van der Waals surface area contributed by atoms with Crippen LogP contribution < -0.4 is 10.2 Å². The molecule has 1 N–H and O–H groups in total. The molecule has 0 unspecified atom stereocenters. The highest BCUT2D eigenvalue weighted by atomic mass is 15.3. The normalized spacial score (nSPS) is 14.2. The molecule has 5 nitrogen and oxygen atoms in total. The molecule has 0 radical (unpaired) electrons. The highest BCUT2D eigenvalue weighted by Gasteiger charge is 2.18. The standard InChI is InChI=1S/C20H27N5/c1-4-21-20(23-14-16-9-11-22-19(13-16)24(2)3)25-12-10-17-7-5-6-8-18(17)15-25/h5-9,11,13H,4,10,12,14-15H2,1-3H3,(H,21,23).